The van der Waals surface area contributed by atoms with Crippen molar-refractivity contribution in [3.05, 3.63) is 29.8 Å². The standard InChI is InChI=1S/C12H18N2O/c1-9-5-7-10(8-6-9)14-12(2,3)11(15)13-4/h5-8,14H,1-4H3,(H,13,15). The van der Waals surface area contributed by atoms with Gasteiger partial charge in [-0.15, -0.1) is 0 Å². The molecule has 1 aromatic rings. The fraction of sp³-hybridized carbons (Fsp3) is 0.417. The van der Waals surface area contributed by atoms with Gasteiger partial charge in [0.15, 0.2) is 0 Å². The molecule has 0 heterocycles. The topological polar surface area (TPSA) is 41.1 Å². The molecule has 0 aliphatic heterocycles. The number of aryl methyl sites for hydroxylation is 1. The number of hydrogen-bond donors (Lipinski definition) is 2. The van der Waals surface area contributed by atoms with Crippen molar-refractivity contribution in [2.45, 2.75) is 26.3 Å². The van der Waals surface area contributed by atoms with Crippen LogP contribution in [0.25, 0.3) is 0 Å². The number of carbonyl (C=O) groups excluding carboxylic acids is 1. The Morgan fingerprint density at radius 2 is 1.73 bits per heavy atom. The molecule has 0 radical (unpaired) electrons. The number of benzene rings is 1. The van der Waals surface area contributed by atoms with Crippen molar-refractivity contribution in [3.8, 4) is 0 Å². The van der Waals surface area contributed by atoms with Crippen LogP contribution >= 0.6 is 0 Å². The van der Waals surface area contributed by atoms with Gasteiger partial charge in [-0.25, -0.2) is 0 Å². The molecule has 3 heteroatoms. The Bertz CT molecular complexity index is 341. The van der Waals surface area contributed by atoms with Crippen molar-refractivity contribution in [2.24, 2.45) is 0 Å². The third kappa shape index (κ3) is 2.98. The SMILES string of the molecule is CNC(=O)C(C)(C)Nc1ccc(C)cc1. The highest BCUT2D eigenvalue weighted by Crippen LogP contribution is 2.15. The van der Waals surface area contributed by atoms with Gasteiger partial charge in [0.05, 0.1) is 0 Å². The zero-order valence-electron chi connectivity index (χ0n) is 9.72. The van der Waals surface area contributed by atoms with Gasteiger partial charge < -0.3 is 10.6 Å². The maximum atomic E-state index is 11.5. The van der Waals surface area contributed by atoms with E-state index in [1.54, 1.807) is 7.05 Å². The molecular formula is C12H18N2O. The van der Waals surface area contributed by atoms with E-state index in [2.05, 4.69) is 10.6 Å². The molecule has 0 fully saturated rings. The summed E-state index contributed by atoms with van der Waals surface area (Å²) in [7, 11) is 1.64. The molecule has 0 aromatic heterocycles. The highest BCUT2D eigenvalue weighted by Gasteiger charge is 2.25. The Morgan fingerprint density at radius 1 is 1.20 bits per heavy atom. The Morgan fingerprint density at radius 3 is 2.20 bits per heavy atom. The summed E-state index contributed by atoms with van der Waals surface area (Å²) in [4.78, 5) is 11.5. The first-order valence-electron chi connectivity index (χ1n) is 5.03. The van der Waals surface area contributed by atoms with Gasteiger partial charge in [-0.05, 0) is 32.9 Å². The lowest BCUT2D eigenvalue weighted by Gasteiger charge is -2.25. The Hall–Kier alpha value is -1.51. The van der Waals surface area contributed by atoms with Gasteiger partial charge in [-0.3, -0.25) is 4.79 Å². The summed E-state index contributed by atoms with van der Waals surface area (Å²) >= 11 is 0. The first-order valence-corrected chi connectivity index (χ1v) is 5.03. The monoisotopic (exact) mass is 206 g/mol. The molecule has 1 amide bonds. The van der Waals surface area contributed by atoms with E-state index in [-0.39, 0.29) is 5.91 Å². The van der Waals surface area contributed by atoms with Gasteiger partial charge in [0.1, 0.15) is 5.54 Å². The summed E-state index contributed by atoms with van der Waals surface area (Å²) in [5, 5.41) is 5.82. The van der Waals surface area contributed by atoms with Gasteiger partial charge >= 0.3 is 0 Å². The second kappa shape index (κ2) is 4.34. The molecule has 0 bridgehead atoms. The lowest BCUT2D eigenvalue weighted by molar-refractivity contribution is -0.123. The third-order valence-electron chi connectivity index (χ3n) is 2.30. The van der Waals surface area contributed by atoms with Gasteiger partial charge in [0, 0.05) is 12.7 Å². The van der Waals surface area contributed by atoms with E-state index in [4.69, 9.17) is 0 Å². The van der Waals surface area contributed by atoms with Gasteiger partial charge in [-0.1, -0.05) is 17.7 Å². The van der Waals surface area contributed by atoms with Gasteiger partial charge in [0.25, 0.3) is 0 Å². The molecule has 3 nitrogen and oxygen atoms in total. The van der Waals surface area contributed by atoms with Crippen LogP contribution in [0.5, 0.6) is 0 Å². The summed E-state index contributed by atoms with van der Waals surface area (Å²) in [5.74, 6) is -0.0249. The molecule has 0 spiro atoms. The van der Waals surface area contributed by atoms with Crippen molar-refractivity contribution in [3.63, 3.8) is 0 Å². The molecule has 1 rings (SSSR count). The maximum absolute atomic E-state index is 11.5. The minimum atomic E-state index is -0.593. The van der Waals surface area contributed by atoms with E-state index in [0.717, 1.165) is 5.69 Å². The molecule has 0 saturated carbocycles. The van der Waals surface area contributed by atoms with Crippen molar-refractivity contribution >= 4 is 11.6 Å². The van der Waals surface area contributed by atoms with Gasteiger partial charge in [-0.2, -0.15) is 0 Å². The summed E-state index contributed by atoms with van der Waals surface area (Å²) in [6, 6.07) is 7.98. The van der Waals surface area contributed by atoms with Crippen LogP contribution in [-0.2, 0) is 4.79 Å². The van der Waals surface area contributed by atoms with Gasteiger partial charge in [0.2, 0.25) is 5.91 Å². The molecule has 0 unspecified atom stereocenters. The normalized spacial score (nSPS) is 10.9. The number of carbonyl (C=O) groups is 1. The average molecular weight is 206 g/mol. The summed E-state index contributed by atoms with van der Waals surface area (Å²) < 4.78 is 0. The average Bonchev–Trinajstić information content (AvgIpc) is 2.20. The second-order valence-corrected chi connectivity index (χ2v) is 4.20. The number of nitrogens with one attached hydrogen (secondary N) is 2. The predicted molar refractivity (Wildman–Crippen MR) is 62.9 cm³/mol. The smallest absolute Gasteiger partial charge is 0.244 e. The van der Waals surface area contributed by atoms with E-state index in [0.29, 0.717) is 0 Å². The third-order valence-corrected chi connectivity index (χ3v) is 2.30. The summed E-state index contributed by atoms with van der Waals surface area (Å²) in [5.41, 5.74) is 1.57. The van der Waals surface area contributed by atoms with Crippen molar-refractivity contribution < 1.29 is 4.79 Å². The molecule has 82 valence electrons. The van der Waals surface area contributed by atoms with E-state index in [1.807, 2.05) is 45.0 Å². The quantitative estimate of drug-likeness (QED) is 0.793. The Balaban J connectivity index is 2.77. The molecule has 2 N–H and O–H groups in total. The van der Waals surface area contributed by atoms with Crippen LogP contribution in [0.4, 0.5) is 5.69 Å². The number of rotatable bonds is 3. The Labute approximate surface area is 90.9 Å². The van der Waals surface area contributed by atoms with Crippen molar-refractivity contribution in [1.29, 1.82) is 0 Å². The lowest BCUT2D eigenvalue weighted by atomic mass is 10.0. The summed E-state index contributed by atoms with van der Waals surface area (Å²) in [6.45, 7) is 5.74. The molecule has 1 aromatic carbocycles. The first-order chi connectivity index (χ1) is 6.95. The van der Waals surface area contributed by atoms with Crippen LogP contribution in [-0.4, -0.2) is 18.5 Å². The van der Waals surface area contributed by atoms with Crippen LogP contribution in [0.2, 0.25) is 0 Å². The number of amides is 1. The minimum Gasteiger partial charge on any atom is -0.372 e. The zero-order valence-corrected chi connectivity index (χ0v) is 9.72. The molecule has 0 aliphatic rings. The van der Waals surface area contributed by atoms with E-state index >= 15 is 0 Å². The molecular weight excluding hydrogens is 188 g/mol. The maximum Gasteiger partial charge on any atom is 0.244 e. The molecule has 0 aliphatic carbocycles. The highest BCUT2D eigenvalue weighted by atomic mass is 16.2. The summed E-state index contributed by atoms with van der Waals surface area (Å²) in [6.07, 6.45) is 0. The predicted octanol–water partition coefficient (Wildman–Crippen LogP) is 1.93. The van der Waals surface area contributed by atoms with Crippen LogP contribution in [0.1, 0.15) is 19.4 Å². The first kappa shape index (κ1) is 11.6. The Kier molecular flexibility index (Phi) is 3.35. The van der Waals surface area contributed by atoms with E-state index in [1.165, 1.54) is 5.56 Å². The fourth-order valence-corrected chi connectivity index (χ4v) is 1.37. The van der Waals surface area contributed by atoms with Crippen LogP contribution in [0, 0.1) is 6.92 Å². The van der Waals surface area contributed by atoms with Crippen molar-refractivity contribution in [2.75, 3.05) is 12.4 Å². The molecule has 15 heavy (non-hydrogen) atoms. The van der Waals surface area contributed by atoms with Crippen LogP contribution in [0.3, 0.4) is 0 Å². The minimum absolute atomic E-state index is 0.0249. The highest BCUT2D eigenvalue weighted by molar-refractivity contribution is 5.88. The van der Waals surface area contributed by atoms with Crippen LogP contribution in [0.15, 0.2) is 24.3 Å². The second-order valence-electron chi connectivity index (χ2n) is 4.20. The van der Waals surface area contributed by atoms with Crippen LogP contribution < -0.4 is 10.6 Å². The fourth-order valence-electron chi connectivity index (χ4n) is 1.37. The lowest BCUT2D eigenvalue weighted by Crippen LogP contribution is -2.46. The van der Waals surface area contributed by atoms with Crippen molar-refractivity contribution in [1.82, 2.24) is 5.32 Å². The number of anilines is 1. The number of hydrogen-bond acceptors (Lipinski definition) is 2. The number of likely N-dealkylation sites (N-methyl/N-ethyl adjacent to an activating group) is 1. The molecule has 0 atom stereocenters. The largest absolute Gasteiger partial charge is 0.372 e. The molecule has 0 saturated heterocycles. The zero-order chi connectivity index (χ0) is 11.5. The van der Waals surface area contributed by atoms with E-state index < -0.39 is 5.54 Å². The van der Waals surface area contributed by atoms with E-state index in [9.17, 15) is 4.79 Å².